The van der Waals surface area contributed by atoms with Crippen molar-refractivity contribution in [1.29, 1.82) is 0 Å². The number of esters is 1. The Labute approximate surface area is 294 Å². The maximum absolute atomic E-state index is 14.0. The van der Waals surface area contributed by atoms with Gasteiger partial charge >= 0.3 is 12.1 Å². The van der Waals surface area contributed by atoms with E-state index in [4.69, 9.17) is 18.9 Å². The van der Waals surface area contributed by atoms with Crippen LogP contribution < -0.4 is 10.1 Å². The summed E-state index contributed by atoms with van der Waals surface area (Å²) in [6, 6.07) is 3.38. The molecular formula is C37H43NO13. The summed E-state index contributed by atoms with van der Waals surface area (Å²) in [4.78, 5) is 66.4. The van der Waals surface area contributed by atoms with Crippen molar-refractivity contribution in [2.24, 2.45) is 0 Å². The largest absolute Gasteiger partial charge is 0.507 e. The maximum atomic E-state index is 14.0. The van der Waals surface area contributed by atoms with Gasteiger partial charge in [0.2, 0.25) is 11.6 Å². The number of ketones is 3. The van der Waals surface area contributed by atoms with Crippen LogP contribution in [0.25, 0.3) is 0 Å². The SMILES string of the molecule is C=CCOC(=O)NC1CC([C@H]2C[C@](O)(C(=O)COC(=O)CCCCC)Cc3c(O)c4c(c(O)c32)C(=O)c2c(OC)cccc2C4=O)OC(C)C1O. The zero-order valence-electron chi connectivity index (χ0n) is 28.7. The molecule has 5 N–H and O–H groups in total. The molecule has 0 saturated carbocycles. The molecule has 51 heavy (non-hydrogen) atoms. The zero-order chi connectivity index (χ0) is 37.2. The number of alkyl carbamates (subject to hydrolysis) is 1. The van der Waals surface area contributed by atoms with Gasteiger partial charge in [-0.1, -0.05) is 44.6 Å². The van der Waals surface area contributed by atoms with E-state index in [-0.39, 0.29) is 47.5 Å². The molecule has 1 heterocycles. The van der Waals surface area contributed by atoms with Gasteiger partial charge in [-0.05, 0) is 32.3 Å². The number of hydrogen-bond donors (Lipinski definition) is 5. The fourth-order valence-corrected chi connectivity index (χ4v) is 7.29. The Hall–Kier alpha value is -4.79. The van der Waals surface area contributed by atoms with Crippen LogP contribution in [0.2, 0.25) is 0 Å². The number of methoxy groups -OCH3 is 1. The molecule has 1 fully saturated rings. The Balaban J connectivity index is 1.60. The van der Waals surface area contributed by atoms with Gasteiger partial charge in [-0.25, -0.2) is 4.79 Å². The predicted octanol–water partition coefficient (Wildman–Crippen LogP) is 3.15. The first kappa shape index (κ1) is 37.5. The Bertz CT molecular complexity index is 1750. The highest BCUT2D eigenvalue weighted by atomic mass is 16.6. The molecule has 2 aromatic rings. The number of ether oxygens (including phenoxy) is 4. The van der Waals surface area contributed by atoms with Crippen LogP contribution in [0, 0.1) is 0 Å². The van der Waals surface area contributed by atoms with Crippen molar-refractivity contribution in [3.63, 3.8) is 0 Å². The van der Waals surface area contributed by atoms with Crippen LogP contribution in [-0.2, 0) is 30.2 Å². The number of Topliss-reactive ketones (excluding diaryl/α,β-unsaturated/α-hetero) is 1. The molecule has 4 unspecified atom stereocenters. The van der Waals surface area contributed by atoms with Crippen LogP contribution in [0.1, 0.15) is 101 Å². The van der Waals surface area contributed by atoms with Crippen molar-refractivity contribution in [2.75, 3.05) is 20.3 Å². The molecule has 5 rings (SSSR count). The van der Waals surface area contributed by atoms with Crippen LogP contribution in [0.5, 0.6) is 17.2 Å². The first-order chi connectivity index (χ1) is 24.3. The third-order valence-corrected chi connectivity index (χ3v) is 9.88. The van der Waals surface area contributed by atoms with Crippen molar-refractivity contribution in [3.8, 4) is 17.2 Å². The average Bonchev–Trinajstić information content (AvgIpc) is 3.11. The third kappa shape index (κ3) is 7.08. The predicted molar refractivity (Wildman–Crippen MR) is 179 cm³/mol. The number of amides is 1. The summed E-state index contributed by atoms with van der Waals surface area (Å²) in [6.45, 7) is 6.12. The molecule has 0 spiro atoms. The van der Waals surface area contributed by atoms with Crippen molar-refractivity contribution >= 4 is 29.4 Å². The lowest BCUT2D eigenvalue weighted by Crippen LogP contribution is -2.57. The van der Waals surface area contributed by atoms with Gasteiger partial charge < -0.3 is 44.7 Å². The molecule has 2 aromatic carbocycles. The molecule has 0 bridgehead atoms. The smallest absolute Gasteiger partial charge is 0.407 e. The number of carbonyl (C=O) groups is 5. The molecule has 14 nitrogen and oxygen atoms in total. The molecule has 0 radical (unpaired) electrons. The van der Waals surface area contributed by atoms with Crippen LogP contribution >= 0.6 is 0 Å². The summed E-state index contributed by atoms with van der Waals surface area (Å²) >= 11 is 0. The monoisotopic (exact) mass is 709 g/mol. The van der Waals surface area contributed by atoms with E-state index >= 15 is 0 Å². The first-order valence-electron chi connectivity index (χ1n) is 16.9. The number of phenols is 2. The number of rotatable bonds is 12. The highest BCUT2D eigenvalue weighted by Crippen LogP contribution is 2.54. The Morgan fingerprint density at radius 2 is 1.80 bits per heavy atom. The molecule has 1 saturated heterocycles. The van der Waals surface area contributed by atoms with Gasteiger partial charge in [-0.3, -0.25) is 19.2 Å². The number of hydrogen-bond acceptors (Lipinski definition) is 13. The highest BCUT2D eigenvalue weighted by Gasteiger charge is 2.52. The molecular weight excluding hydrogens is 666 g/mol. The second kappa shape index (κ2) is 15.2. The summed E-state index contributed by atoms with van der Waals surface area (Å²) in [5, 5.41) is 49.2. The molecule has 274 valence electrons. The summed E-state index contributed by atoms with van der Waals surface area (Å²) < 4.78 is 21.7. The van der Waals surface area contributed by atoms with Crippen LogP contribution in [0.4, 0.5) is 4.79 Å². The lowest BCUT2D eigenvalue weighted by molar-refractivity contribution is -0.159. The number of fused-ring (bicyclic) bond motifs is 3. The molecule has 14 heteroatoms. The fraction of sp³-hybridized carbons (Fsp3) is 0.486. The van der Waals surface area contributed by atoms with Gasteiger partial charge in [0.25, 0.3) is 0 Å². The van der Waals surface area contributed by atoms with Crippen molar-refractivity contribution in [1.82, 2.24) is 5.32 Å². The van der Waals surface area contributed by atoms with E-state index in [2.05, 4.69) is 11.9 Å². The number of aliphatic hydroxyl groups is 2. The first-order valence-corrected chi connectivity index (χ1v) is 16.9. The minimum Gasteiger partial charge on any atom is -0.507 e. The highest BCUT2D eigenvalue weighted by molar-refractivity contribution is 6.31. The summed E-state index contributed by atoms with van der Waals surface area (Å²) in [5.41, 5.74) is -3.73. The maximum Gasteiger partial charge on any atom is 0.407 e. The third-order valence-electron chi connectivity index (χ3n) is 9.88. The van der Waals surface area contributed by atoms with E-state index in [1.165, 1.54) is 38.3 Å². The number of aliphatic hydroxyl groups excluding tert-OH is 1. The number of benzene rings is 2. The fourth-order valence-electron chi connectivity index (χ4n) is 7.29. The van der Waals surface area contributed by atoms with E-state index in [9.17, 15) is 44.4 Å². The summed E-state index contributed by atoms with van der Waals surface area (Å²) in [7, 11) is 1.32. The Kier molecular flexibility index (Phi) is 11.2. The number of aromatic hydroxyl groups is 2. The van der Waals surface area contributed by atoms with E-state index in [1.54, 1.807) is 0 Å². The van der Waals surface area contributed by atoms with E-state index in [1.807, 2.05) is 6.92 Å². The van der Waals surface area contributed by atoms with Crippen molar-refractivity contribution in [2.45, 2.75) is 94.7 Å². The van der Waals surface area contributed by atoms with Crippen LogP contribution in [-0.4, -0.2) is 100 Å². The van der Waals surface area contributed by atoms with Crippen LogP contribution in [0.3, 0.4) is 0 Å². The van der Waals surface area contributed by atoms with Gasteiger partial charge in [0, 0.05) is 35.4 Å². The van der Waals surface area contributed by atoms with E-state index < -0.39 is 107 Å². The lowest BCUT2D eigenvalue weighted by Gasteiger charge is -2.46. The molecule has 1 aliphatic heterocycles. The molecule has 2 aliphatic carbocycles. The molecule has 1 amide bonds. The second-order valence-electron chi connectivity index (χ2n) is 13.2. The summed E-state index contributed by atoms with van der Waals surface area (Å²) in [5.74, 6) is -5.58. The van der Waals surface area contributed by atoms with Gasteiger partial charge in [-0.15, -0.1) is 0 Å². The zero-order valence-corrected chi connectivity index (χ0v) is 28.7. The number of nitrogens with one attached hydrogen (secondary N) is 1. The number of phenolic OH excluding ortho intramolecular Hbond substituents is 2. The lowest BCUT2D eigenvalue weighted by atomic mass is 9.66. The molecule has 0 aromatic heterocycles. The quantitative estimate of drug-likeness (QED) is 0.0792. The minimum atomic E-state index is -2.31. The van der Waals surface area contributed by atoms with Gasteiger partial charge in [0.1, 0.15) is 35.6 Å². The van der Waals surface area contributed by atoms with E-state index in [0.29, 0.717) is 6.42 Å². The topological polar surface area (TPSA) is 215 Å². The van der Waals surface area contributed by atoms with Gasteiger partial charge in [0.15, 0.2) is 12.4 Å². The standard InChI is InChI=1S/C37H43NO13/c1-5-7-8-12-26(40)50-17-25(39)37(47)15-20(24-14-22(31(41)18(3)51-24)38-36(46)49-13-6-2)27-21(16-37)33(43)29-30(34(27)44)35(45)28-19(32(29)42)10-9-11-23(28)48-4/h6,9-11,18,20,22,24,31,41,43-44,47H,2,5,7-8,12-17H2,1,3-4H3,(H,38,46)/t18?,20-,22?,24?,31?,37-/m1/s1. The van der Waals surface area contributed by atoms with Crippen molar-refractivity contribution < 1.29 is 63.3 Å². The number of carbonyl (C=O) groups excluding carboxylic acids is 5. The second-order valence-corrected chi connectivity index (χ2v) is 13.2. The van der Waals surface area contributed by atoms with Crippen molar-refractivity contribution in [3.05, 3.63) is 64.2 Å². The summed E-state index contributed by atoms with van der Waals surface area (Å²) in [6.07, 6.45) is -1.59. The normalized spacial score (nSPS) is 25.2. The van der Waals surface area contributed by atoms with Gasteiger partial charge in [0.05, 0.1) is 42.0 Å². The molecule has 6 atom stereocenters. The van der Waals surface area contributed by atoms with Gasteiger partial charge in [-0.2, -0.15) is 0 Å². The average molecular weight is 710 g/mol. The van der Waals surface area contributed by atoms with Crippen LogP contribution in [0.15, 0.2) is 30.9 Å². The van der Waals surface area contributed by atoms with E-state index in [0.717, 1.165) is 12.8 Å². The molecule has 3 aliphatic rings. The Morgan fingerprint density at radius 3 is 2.49 bits per heavy atom. The minimum absolute atomic E-state index is 0.0543. The number of unbranched alkanes of at least 4 members (excludes halogenated alkanes) is 2. The Morgan fingerprint density at radius 1 is 1.08 bits per heavy atom.